The molecule has 2 fully saturated rings. The maximum atomic E-state index is 13.8. The summed E-state index contributed by atoms with van der Waals surface area (Å²) >= 11 is 0. The number of nitrogens with zero attached hydrogens (tertiary/aromatic N) is 2. The summed E-state index contributed by atoms with van der Waals surface area (Å²) in [7, 11) is 3.19. The number of hydrogen-bond acceptors (Lipinski definition) is 5. The number of ether oxygens (including phenoxy) is 2. The van der Waals surface area contributed by atoms with Gasteiger partial charge in [-0.25, -0.2) is 9.69 Å². The summed E-state index contributed by atoms with van der Waals surface area (Å²) in [6, 6.07) is 14.1. The fraction of sp³-hybridized carbons (Fsp3) is 0.391. The van der Waals surface area contributed by atoms with E-state index >= 15 is 0 Å². The molecule has 0 radical (unpaired) electrons. The molecule has 2 saturated heterocycles. The van der Waals surface area contributed by atoms with E-state index in [0.717, 1.165) is 25.9 Å². The van der Waals surface area contributed by atoms with Crippen LogP contribution < -0.4 is 14.8 Å². The van der Waals surface area contributed by atoms with Crippen LogP contribution in [0.15, 0.2) is 48.5 Å². The number of rotatable bonds is 6. The molecule has 0 aliphatic carbocycles. The summed E-state index contributed by atoms with van der Waals surface area (Å²) in [4.78, 5) is 30.3. The minimum Gasteiger partial charge on any atom is -0.497 e. The van der Waals surface area contributed by atoms with Gasteiger partial charge in [0.15, 0.2) is 5.54 Å². The van der Waals surface area contributed by atoms with Gasteiger partial charge in [0.25, 0.3) is 5.91 Å². The van der Waals surface area contributed by atoms with Crippen LogP contribution >= 0.6 is 0 Å². The second kappa shape index (κ2) is 8.36. The highest BCUT2D eigenvalue weighted by molar-refractivity contribution is 6.09. The molecule has 30 heavy (non-hydrogen) atoms. The van der Waals surface area contributed by atoms with Crippen molar-refractivity contribution in [3.63, 3.8) is 0 Å². The minimum absolute atomic E-state index is 0.270. The molecule has 4 rings (SSSR count). The van der Waals surface area contributed by atoms with Crippen LogP contribution in [0.25, 0.3) is 0 Å². The Hall–Kier alpha value is -3.06. The molecule has 2 heterocycles. The number of urea groups is 1. The van der Waals surface area contributed by atoms with Crippen LogP contribution in [0, 0.1) is 0 Å². The normalized spacial score (nSPS) is 18.9. The third-order valence-corrected chi connectivity index (χ3v) is 5.94. The largest absolute Gasteiger partial charge is 0.497 e. The van der Waals surface area contributed by atoms with Crippen LogP contribution in [0.1, 0.15) is 30.4 Å². The van der Waals surface area contributed by atoms with Crippen molar-refractivity contribution in [2.45, 2.75) is 24.8 Å². The fourth-order valence-corrected chi connectivity index (χ4v) is 4.25. The van der Waals surface area contributed by atoms with Gasteiger partial charge in [-0.1, -0.05) is 30.7 Å². The van der Waals surface area contributed by atoms with Crippen molar-refractivity contribution < 1.29 is 19.1 Å². The molecule has 3 amide bonds. The topological polar surface area (TPSA) is 71.1 Å². The Bertz CT molecular complexity index is 858. The van der Waals surface area contributed by atoms with Crippen molar-refractivity contribution >= 4 is 11.9 Å². The first-order valence-electron chi connectivity index (χ1n) is 10.2. The van der Waals surface area contributed by atoms with Crippen molar-refractivity contribution in [1.29, 1.82) is 0 Å². The summed E-state index contributed by atoms with van der Waals surface area (Å²) in [6.07, 6.45) is 3.37. The van der Waals surface area contributed by atoms with E-state index in [0.29, 0.717) is 29.3 Å². The lowest BCUT2D eigenvalue weighted by Crippen LogP contribution is -2.47. The van der Waals surface area contributed by atoms with Gasteiger partial charge in [-0.05, 0) is 61.3 Å². The molecule has 2 aromatic carbocycles. The van der Waals surface area contributed by atoms with Crippen molar-refractivity contribution in [3.8, 4) is 11.5 Å². The monoisotopic (exact) mass is 409 g/mol. The Morgan fingerprint density at radius 1 is 0.833 bits per heavy atom. The van der Waals surface area contributed by atoms with Gasteiger partial charge < -0.3 is 14.8 Å². The van der Waals surface area contributed by atoms with E-state index in [9.17, 15) is 9.59 Å². The Kier molecular flexibility index (Phi) is 5.63. The number of hydrogen-bond donors (Lipinski definition) is 1. The summed E-state index contributed by atoms with van der Waals surface area (Å²) in [5.74, 6) is 1.10. The Morgan fingerprint density at radius 3 is 1.80 bits per heavy atom. The zero-order valence-corrected chi connectivity index (χ0v) is 17.4. The second-order valence-corrected chi connectivity index (χ2v) is 7.69. The number of methoxy groups -OCH3 is 2. The number of nitrogens with one attached hydrogen (secondary N) is 1. The summed E-state index contributed by atoms with van der Waals surface area (Å²) in [5.41, 5.74) is 0.0896. The van der Waals surface area contributed by atoms with E-state index < -0.39 is 5.54 Å². The summed E-state index contributed by atoms with van der Waals surface area (Å²) < 4.78 is 10.5. The summed E-state index contributed by atoms with van der Waals surface area (Å²) in [5, 5.41) is 2.99. The van der Waals surface area contributed by atoms with Crippen molar-refractivity contribution in [1.82, 2.24) is 15.1 Å². The van der Waals surface area contributed by atoms with Crippen LogP contribution in [0.4, 0.5) is 4.79 Å². The Balaban J connectivity index is 1.74. The lowest BCUT2D eigenvalue weighted by molar-refractivity contribution is -0.131. The zero-order chi connectivity index (χ0) is 21.1. The van der Waals surface area contributed by atoms with Gasteiger partial charge in [-0.2, -0.15) is 0 Å². The molecule has 0 aromatic heterocycles. The molecule has 7 heteroatoms. The second-order valence-electron chi connectivity index (χ2n) is 7.69. The third-order valence-electron chi connectivity index (χ3n) is 5.94. The van der Waals surface area contributed by atoms with Gasteiger partial charge in [0, 0.05) is 0 Å². The van der Waals surface area contributed by atoms with Gasteiger partial charge >= 0.3 is 6.03 Å². The molecule has 0 saturated carbocycles. The quantitative estimate of drug-likeness (QED) is 0.743. The van der Waals surface area contributed by atoms with E-state index in [1.807, 2.05) is 24.3 Å². The van der Waals surface area contributed by atoms with Gasteiger partial charge in [0.2, 0.25) is 0 Å². The number of piperidine rings is 1. The van der Waals surface area contributed by atoms with Crippen LogP contribution in [-0.2, 0) is 10.3 Å². The molecule has 1 N–H and O–H groups in total. The predicted octanol–water partition coefficient (Wildman–Crippen LogP) is 2.94. The number of amides is 3. The summed E-state index contributed by atoms with van der Waals surface area (Å²) in [6.45, 7) is 2.10. The van der Waals surface area contributed by atoms with Crippen LogP contribution in [0.5, 0.6) is 11.5 Å². The maximum absolute atomic E-state index is 13.8. The lowest BCUT2D eigenvalue weighted by Gasteiger charge is -2.31. The fourth-order valence-electron chi connectivity index (χ4n) is 4.25. The average Bonchev–Trinajstić information content (AvgIpc) is 3.05. The molecule has 158 valence electrons. The molecule has 2 aromatic rings. The van der Waals surface area contributed by atoms with Gasteiger partial charge in [-0.15, -0.1) is 0 Å². The Labute approximate surface area is 176 Å². The molecule has 0 spiro atoms. The van der Waals surface area contributed by atoms with E-state index in [1.54, 1.807) is 38.5 Å². The van der Waals surface area contributed by atoms with E-state index in [4.69, 9.17) is 9.47 Å². The smallest absolute Gasteiger partial charge is 0.326 e. The highest BCUT2D eigenvalue weighted by Gasteiger charge is 2.54. The number of likely N-dealkylation sites (tertiary alicyclic amines) is 1. The molecular formula is C23H27N3O4. The van der Waals surface area contributed by atoms with Crippen molar-refractivity contribution in [2.24, 2.45) is 0 Å². The molecule has 7 nitrogen and oxygen atoms in total. The van der Waals surface area contributed by atoms with E-state index in [1.165, 1.54) is 11.3 Å². The third kappa shape index (κ3) is 3.50. The first-order valence-corrected chi connectivity index (χ1v) is 10.2. The number of imide groups is 1. The van der Waals surface area contributed by atoms with Crippen molar-refractivity contribution in [3.05, 3.63) is 59.7 Å². The molecule has 0 bridgehead atoms. The molecular weight excluding hydrogens is 382 g/mol. The molecule has 2 aliphatic rings. The van der Waals surface area contributed by atoms with Crippen LogP contribution in [0.3, 0.4) is 0 Å². The highest BCUT2D eigenvalue weighted by Crippen LogP contribution is 2.37. The zero-order valence-electron chi connectivity index (χ0n) is 17.4. The molecule has 2 aliphatic heterocycles. The van der Waals surface area contributed by atoms with Gasteiger partial charge in [-0.3, -0.25) is 9.69 Å². The number of benzene rings is 2. The first-order chi connectivity index (χ1) is 14.6. The molecule has 0 unspecified atom stereocenters. The lowest BCUT2D eigenvalue weighted by atomic mass is 9.82. The van der Waals surface area contributed by atoms with E-state index in [2.05, 4.69) is 10.2 Å². The van der Waals surface area contributed by atoms with Crippen LogP contribution in [0.2, 0.25) is 0 Å². The first kappa shape index (κ1) is 20.2. The highest BCUT2D eigenvalue weighted by atomic mass is 16.5. The van der Waals surface area contributed by atoms with Crippen molar-refractivity contribution in [2.75, 3.05) is 34.0 Å². The Morgan fingerprint density at radius 2 is 1.33 bits per heavy atom. The number of carbonyl (C=O) groups excluding carboxylic acids is 2. The minimum atomic E-state index is -1.29. The van der Waals surface area contributed by atoms with E-state index in [-0.39, 0.29) is 11.9 Å². The average molecular weight is 409 g/mol. The van der Waals surface area contributed by atoms with Gasteiger partial charge in [0.05, 0.1) is 20.9 Å². The SMILES string of the molecule is COc1ccc(C2(c3ccc(OC)cc3)NC(=O)N(CN3CCCCC3)C2=O)cc1. The standard InChI is InChI=1S/C23H27N3O4/c1-29-19-10-6-17(7-11-19)23(18-8-12-20(30-2)13-9-18)21(27)26(22(28)24-23)16-25-14-4-3-5-15-25/h6-13H,3-5,14-16H2,1-2H3,(H,24,28). The van der Waals surface area contributed by atoms with Crippen LogP contribution in [-0.4, -0.2) is 55.7 Å². The number of carbonyl (C=O) groups is 2. The van der Waals surface area contributed by atoms with Gasteiger partial charge in [0.1, 0.15) is 11.5 Å². The predicted molar refractivity (Wildman–Crippen MR) is 112 cm³/mol. The molecule has 0 atom stereocenters. The maximum Gasteiger partial charge on any atom is 0.326 e.